The number of imidazole rings is 1. The summed E-state index contributed by atoms with van der Waals surface area (Å²) in [7, 11) is 1.62. The largest absolute Gasteiger partial charge is 0.496 e. The maximum absolute atomic E-state index is 12.3. The Balaban J connectivity index is 1.79. The van der Waals surface area contributed by atoms with E-state index < -0.39 is 0 Å². The van der Waals surface area contributed by atoms with E-state index in [1.54, 1.807) is 50.0 Å². The van der Waals surface area contributed by atoms with Crippen molar-refractivity contribution in [3.8, 4) is 11.5 Å². The Hall–Kier alpha value is -3.61. The van der Waals surface area contributed by atoms with Crippen LogP contribution in [-0.2, 0) is 0 Å². The third kappa shape index (κ3) is 3.98. The predicted octanol–water partition coefficient (Wildman–Crippen LogP) is 3.18. The molecule has 27 heavy (non-hydrogen) atoms. The number of aromatic nitrogens is 3. The second-order valence-electron chi connectivity index (χ2n) is 5.70. The second kappa shape index (κ2) is 8.18. The van der Waals surface area contributed by atoms with Crippen LogP contribution in [-0.4, -0.2) is 34.6 Å². The van der Waals surface area contributed by atoms with Crippen molar-refractivity contribution < 1.29 is 9.47 Å². The van der Waals surface area contributed by atoms with Crippen LogP contribution in [0.5, 0.6) is 11.5 Å². The molecule has 0 bridgehead atoms. The average Bonchev–Trinajstić information content (AvgIpc) is 3.01. The van der Waals surface area contributed by atoms with E-state index in [9.17, 15) is 4.79 Å². The van der Waals surface area contributed by atoms with E-state index in [0.29, 0.717) is 22.5 Å². The number of aryl methyl sites for hydroxylation is 1. The molecule has 7 heteroatoms. The normalized spacial score (nSPS) is 11.9. The fourth-order valence-corrected chi connectivity index (χ4v) is 2.64. The minimum absolute atomic E-state index is 0.0933. The first-order valence-corrected chi connectivity index (χ1v) is 8.29. The van der Waals surface area contributed by atoms with Crippen LogP contribution in [0.3, 0.4) is 0 Å². The molecule has 0 amide bonds. The van der Waals surface area contributed by atoms with Crippen LogP contribution in [0.2, 0.25) is 0 Å². The lowest BCUT2D eigenvalue weighted by atomic mass is 10.2. The van der Waals surface area contributed by atoms with E-state index in [4.69, 9.17) is 9.47 Å². The lowest BCUT2D eigenvalue weighted by Crippen LogP contribution is -2.16. The van der Waals surface area contributed by atoms with Crippen molar-refractivity contribution in [3.63, 3.8) is 0 Å². The number of methoxy groups -OCH3 is 1. The second-order valence-corrected chi connectivity index (χ2v) is 5.70. The minimum atomic E-state index is -0.276. The van der Waals surface area contributed by atoms with Gasteiger partial charge in [-0.1, -0.05) is 18.7 Å². The number of ether oxygens (including phenoxy) is 2. The maximum Gasteiger partial charge on any atom is 0.331 e. The maximum atomic E-state index is 12.3. The number of fused-ring (bicyclic) bond motifs is 1. The van der Waals surface area contributed by atoms with Gasteiger partial charge in [-0.2, -0.15) is 0 Å². The third-order valence-corrected chi connectivity index (χ3v) is 3.94. The molecule has 0 fully saturated rings. The molecule has 3 aromatic rings. The summed E-state index contributed by atoms with van der Waals surface area (Å²) in [6.07, 6.45) is 8.09. The zero-order chi connectivity index (χ0) is 19.2. The van der Waals surface area contributed by atoms with Crippen LogP contribution >= 0.6 is 0 Å². The van der Waals surface area contributed by atoms with E-state index in [1.807, 2.05) is 19.1 Å². The number of benzene rings is 1. The van der Waals surface area contributed by atoms with Gasteiger partial charge in [0, 0.05) is 18.5 Å². The Morgan fingerprint density at radius 2 is 2.26 bits per heavy atom. The molecule has 0 saturated heterocycles. The molecule has 0 aliphatic heterocycles. The minimum Gasteiger partial charge on any atom is -0.496 e. The summed E-state index contributed by atoms with van der Waals surface area (Å²) in [4.78, 5) is 23.4. The molecule has 1 aromatic carbocycles. The summed E-state index contributed by atoms with van der Waals surface area (Å²) in [6, 6.07) is 7.31. The first-order chi connectivity index (χ1) is 13.1. The molecule has 0 unspecified atom stereocenters. The van der Waals surface area contributed by atoms with Gasteiger partial charge in [-0.15, -0.1) is 0 Å². The summed E-state index contributed by atoms with van der Waals surface area (Å²) in [5, 5.41) is 0. The Kier molecular flexibility index (Phi) is 5.51. The number of H-pyrrole nitrogens is 1. The summed E-state index contributed by atoms with van der Waals surface area (Å²) in [6.45, 7) is 5.75. The molecular weight excluding hydrogens is 344 g/mol. The van der Waals surface area contributed by atoms with Gasteiger partial charge in [0.15, 0.2) is 6.73 Å². The average molecular weight is 364 g/mol. The molecule has 7 nitrogen and oxygen atoms in total. The summed E-state index contributed by atoms with van der Waals surface area (Å²) < 4.78 is 12.4. The molecule has 2 heterocycles. The van der Waals surface area contributed by atoms with Crippen molar-refractivity contribution in [1.82, 2.24) is 14.5 Å². The van der Waals surface area contributed by atoms with Gasteiger partial charge in [-0.05, 0) is 30.7 Å². The van der Waals surface area contributed by atoms with Crippen molar-refractivity contribution in [2.24, 2.45) is 4.99 Å². The van der Waals surface area contributed by atoms with Gasteiger partial charge >= 0.3 is 5.69 Å². The Bertz CT molecular complexity index is 1080. The van der Waals surface area contributed by atoms with E-state index in [-0.39, 0.29) is 12.4 Å². The van der Waals surface area contributed by atoms with Crippen LogP contribution in [0.1, 0.15) is 5.56 Å². The number of aromatic amines is 1. The first-order valence-electron chi connectivity index (χ1n) is 8.29. The fourth-order valence-electron chi connectivity index (χ4n) is 2.64. The number of pyridine rings is 1. The third-order valence-electron chi connectivity index (χ3n) is 3.94. The molecule has 1 N–H and O–H groups in total. The van der Waals surface area contributed by atoms with Crippen LogP contribution in [0.25, 0.3) is 16.7 Å². The number of aliphatic imine (C=N–C) groups is 1. The van der Waals surface area contributed by atoms with Crippen molar-refractivity contribution in [2.45, 2.75) is 6.92 Å². The molecule has 2 aromatic heterocycles. The van der Waals surface area contributed by atoms with Crippen LogP contribution in [0, 0.1) is 6.92 Å². The van der Waals surface area contributed by atoms with Gasteiger partial charge in [0.25, 0.3) is 0 Å². The standard InChI is InChI=1S/C20H20N4O3/c1-4-5-15(24-18-12-21-9-8-17(18)23-20(24)25)11-22-13-27-16-7-6-14(2)19(10-16)26-3/h4-12H,1,13H2,2-3H3,(H,23,25)/b15-5+,22-11-. The number of rotatable bonds is 7. The zero-order valence-electron chi connectivity index (χ0n) is 15.2. The lowest BCUT2D eigenvalue weighted by molar-refractivity contribution is 0.328. The smallest absolute Gasteiger partial charge is 0.331 e. The molecular formula is C20H20N4O3. The van der Waals surface area contributed by atoms with E-state index in [0.717, 1.165) is 11.3 Å². The molecule has 138 valence electrons. The van der Waals surface area contributed by atoms with Gasteiger partial charge in [-0.3, -0.25) is 14.5 Å². The number of nitrogens with zero attached hydrogens (tertiary/aromatic N) is 3. The Morgan fingerprint density at radius 3 is 3.04 bits per heavy atom. The molecule has 3 rings (SSSR count). The fraction of sp³-hybridized carbons (Fsp3) is 0.150. The van der Waals surface area contributed by atoms with Gasteiger partial charge < -0.3 is 14.5 Å². The van der Waals surface area contributed by atoms with Crippen LogP contribution < -0.4 is 15.2 Å². The van der Waals surface area contributed by atoms with Crippen LogP contribution in [0.4, 0.5) is 0 Å². The van der Waals surface area contributed by atoms with Crippen molar-refractivity contribution >= 4 is 22.9 Å². The summed E-state index contributed by atoms with van der Waals surface area (Å²) in [5.74, 6) is 1.40. The molecule has 0 aliphatic carbocycles. The van der Waals surface area contributed by atoms with E-state index >= 15 is 0 Å². The SMILES string of the molecule is C=C/C=C(\C=N/COc1ccc(C)c(OC)c1)n1c(=O)[nH]c2ccncc21. The van der Waals surface area contributed by atoms with Crippen molar-refractivity contribution in [2.75, 3.05) is 13.8 Å². The highest BCUT2D eigenvalue weighted by Crippen LogP contribution is 2.23. The van der Waals surface area contributed by atoms with E-state index in [1.165, 1.54) is 4.57 Å². The summed E-state index contributed by atoms with van der Waals surface area (Å²) >= 11 is 0. The molecule has 0 aliphatic rings. The molecule has 0 saturated carbocycles. The topological polar surface area (TPSA) is 81.5 Å². The molecule has 0 spiro atoms. The lowest BCUT2D eigenvalue weighted by Gasteiger charge is -2.08. The summed E-state index contributed by atoms with van der Waals surface area (Å²) in [5.41, 5.74) is 2.66. The van der Waals surface area contributed by atoms with E-state index in [2.05, 4.69) is 21.5 Å². The van der Waals surface area contributed by atoms with Gasteiger partial charge in [-0.25, -0.2) is 4.79 Å². The van der Waals surface area contributed by atoms with Crippen molar-refractivity contribution in [3.05, 3.63) is 71.4 Å². The number of hydrogen-bond acceptors (Lipinski definition) is 5. The number of allylic oxidation sites excluding steroid dienone is 3. The zero-order valence-corrected chi connectivity index (χ0v) is 15.2. The Labute approximate surface area is 156 Å². The first kappa shape index (κ1) is 18.2. The highest BCUT2D eigenvalue weighted by Gasteiger charge is 2.09. The molecule has 0 atom stereocenters. The number of nitrogens with one attached hydrogen (secondary N) is 1. The quantitative estimate of drug-likeness (QED) is 0.516. The predicted molar refractivity (Wildman–Crippen MR) is 107 cm³/mol. The van der Waals surface area contributed by atoms with Gasteiger partial charge in [0.1, 0.15) is 11.5 Å². The van der Waals surface area contributed by atoms with Gasteiger partial charge in [0.2, 0.25) is 0 Å². The molecule has 0 radical (unpaired) electrons. The highest BCUT2D eigenvalue weighted by molar-refractivity contribution is 6.05. The van der Waals surface area contributed by atoms with Crippen LogP contribution in [0.15, 0.2) is 65.2 Å². The monoisotopic (exact) mass is 364 g/mol. The number of hydrogen-bond donors (Lipinski definition) is 1. The van der Waals surface area contributed by atoms with Crippen molar-refractivity contribution in [1.29, 1.82) is 0 Å². The highest BCUT2D eigenvalue weighted by atomic mass is 16.5. The van der Waals surface area contributed by atoms with Gasteiger partial charge in [0.05, 0.1) is 30.0 Å². The Morgan fingerprint density at radius 1 is 1.41 bits per heavy atom.